The van der Waals surface area contributed by atoms with Crippen LogP contribution in [0.2, 0.25) is 0 Å². The van der Waals surface area contributed by atoms with Crippen molar-refractivity contribution >= 4 is 0 Å². The molecular weight excluding hydrogens is 6080 g/mol. The van der Waals surface area contributed by atoms with Crippen molar-refractivity contribution < 1.29 is 695 Å². The molecule has 0 aromatic carbocycles. The molecule has 0 aliphatic heterocycles. The summed E-state index contributed by atoms with van der Waals surface area (Å²) >= 11 is 0. The van der Waals surface area contributed by atoms with Gasteiger partial charge in [0.15, 0.2) is 0 Å². The average molecular weight is 6080 g/mol. The van der Waals surface area contributed by atoms with Gasteiger partial charge in [-0.3, -0.25) is 0 Å². The first-order chi connectivity index (χ1) is 0. The van der Waals surface area contributed by atoms with Gasteiger partial charge in [0, 0.05) is 695 Å². The topological polar surface area (TPSA) is 0 Å². The second-order valence-electron chi connectivity index (χ2n) is 0. The van der Waals surface area contributed by atoms with Crippen molar-refractivity contribution in [2.75, 3.05) is 0 Å². The van der Waals surface area contributed by atoms with Gasteiger partial charge in [-0.25, -0.2) is 0 Å². The van der Waals surface area contributed by atoms with Crippen LogP contribution in [-0.4, -0.2) is 0 Å². The van der Waals surface area contributed by atoms with Crippen LogP contribution in [0.5, 0.6) is 0 Å². The molecule has 0 bridgehead atoms. The van der Waals surface area contributed by atoms with Gasteiger partial charge < -0.3 is 7.43 Å². The van der Waals surface area contributed by atoms with E-state index >= 15 is 0 Å². The van der Waals surface area contributed by atoms with E-state index < -0.39 is 0 Å². The fraction of sp³-hybridized carbons (Fsp3) is 0. The molecule has 0 N–H and O–H groups in total. The minimum atomic E-state index is 0. The van der Waals surface area contributed by atoms with Crippen molar-refractivity contribution in [3.8, 4) is 0 Å². The van der Waals surface area contributed by atoms with Crippen LogP contribution in [0.1, 0.15) is 0 Å². The Morgan fingerprint density at radius 2 is 0.0588 bits per heavy atom. The Hall–Kier alpha value is 22.7. The largest absolute Gasteiger partial charge is 0.358 e. The quantitative estimate of drug-likeness (QED) is 0.309. The van der Waals surface area contributed by atoms with Crippen LogP contribution in [0.4, 0.5) is 0 Å². The van der Waals surface area contributed by atoms with E-state index in [1.54, 1.807) is 0 Å². The Kier molecular flexibility index (Phi) is 3240. The SMILES string of the molecule is [CH3-].[W].[W].[W].[W].[W].[W].[W].[W].[W].[W].[W].[W].[W].[W].[W].[W].[W].[W].[W].[W].[W].[W].[W].[W].[W].[W].[W].[W].[W].[W].[W].[W].[W]. The van der Waals surface area contributed by atoms with Gasteiger partial charge in [0.2, 0.25) is 0 Å². The summed E-state index contributed by atoms with van der Waals surface area (Å²) in [5, 5.41) is 0. The molecule has 0 nitrogen and oxygen atoms in total. The molecular formula is CH3W33-. The van der Waals surface area contributed by atoms with Crippen molar-refractivity contribution in [3.63, 3.8) is 0 Å². The smallest absolute Gasteiger partial charge is 0 e. The van der Waals surface area contributed by atoms with Gasteiger partial charge in [0.25, 0.3) is 0 Å². The van der Waals surface area contributed by atoms with Crippen LogP contribution >= 0.6 is 0 Å². The standard InChI is InChI=1S/CH3.33W/h1H3;;;;;;;;;;;;;;;;;;;;;;;;;;;;;;;;;/q-1;;;;;;;;;;;;;;;;;;;;;;;;;;;;;;;;;. The minimum absolute atomic E-state index is 0. The summed E-state index contributed by atoms with van der Waals surface area (Å²) < 4.78 is 0. The predicted molar refractivity (Wildman–Crippen MR) is 6.41 cm³/mol. The van der Waals surface area contributed by atoms with Gasteiger partial charge >= 0.3 is 0 Å². The second kappa shape index (κ2) is 323. The Labute approximate surface area is 682 Å². The van der Waals surface area contributed by atoms with E-state index in [-0.39, 0.29) is 703 Å². The summed E-state index contributed by atoms with van der Waals surface area (Å²) in [6, 6.07) is 0. The molecule has 0 aromatic heterocycles. The molecule has 0 aromatic rings. The maximum absolute atomic E-state index is 0. The van der Waals surface area contributed by atoms with Crippen molar-refractivity contribution in [1.29, 1.82) is 0 Å². The third-order valence-electron chi connectivity index (χ3n) is 0. The summed E-state index contributed by atoms with van der Waals surface area (Å²) in [7, 11) is 0. The number of hydrogen-bond donors (Lipinski definition) is 0. The fourth-order valence-corrected chi connectivity index (χ4v) is 0. The molecule has 0 amide bonds. The monoisotopic (exact) mass is 6090 g/mol. The molecule has 0 rings (SSSR count). The second-order valence-corrected chi connectivity index (χ2v) is 0. The minimum Gasteiger partial charge on any atom is -0.358 e. The third kappa shape index (κ3) is 306. The van der Waals surface area contributed by atoms with Gasteiger partial charge in [-0.2, -0.15) is 0 Å². The molecule has 0 spiro atoms. The molecule has 0 unspecified atom stereocenters. The first-order valence-electron chi connectivity index (χ1n) is 0. The maximum atomic E-state index is 0. The van der Waals surface area contributed by atoms with E-state index in [1.807, 2.05) is 0 Å². The van der Waals surface area contributed by atoms with Crippen molar-refractivity contribution in [1.82, 2.24) is 0 Å². The van der Waals surface area contributed by atoms with Crippen molar-refractivity contribution in [2.45, 2.75) is 0 Å². The van der Waals surface area contributed by atoms with Crippen LogP contribution in [-0.2, 0) is 695 Å². The average Bonchev–Trinajstić information content (AvgIpc) is 0. The predicted octanol–water partition coefficient (Wildman–Crippen LogP) is 0.368. The van der Waals surface area contributed by atoms with Gasteiger partial charge in [-0.15, -0.1) is 0 Å². The Morgan fingerprint density at radius 1 is 0.0588 bits per heavy atom. The summed E-state index contributed by atoms with van der Waals surface area (Å²) in [6.45, 7) is 0. The summed E-state index contributed by atoms with van der Waals surface area (Å²) in [5.74, 6) is 0. The van der Waals surface area contributed by atoms with E-state index in [0.717, 1.165) is 0 Å². The van der Waals surface area contributed by atoms with Crippen LogP contribution in [0.15, 0.2) is 0 Å². The molecule has 0 saturated heterocycles. The molecule has 0 radical (unpaired) electrons. The van der Waals surface area contributed by atoms with Crippen LogP contribution in [0.3, 0.4) is 0 Å². The van der Waals surface area contributed by atoms with E-state index in [0.29, 0.717) is 0 Å². The van der Waals surface area contributed by atoms with Crippen LogP contribution < -0.4 is 0 Å². The third-order valence-corrected chi connectivity index (χ3v) is 0. The first-order valence-corrected chi connectivity index (χ1v) is 0. The number of hydrogen-bond acceptors (Lipinski definition) is 0. The normalized spacial score (nSPS) is 0. The zero-order valence-electron chi connectivity index (χ0n) is 14.5. The van der Waals surface area contributed by atoms with Crippen LogP contribution in [0, 0.1) is 7.43 Å². The molecule has 0 aliphatic carbocycles. The van der Waals surface area contributed by atoms with Crippen molar-refractivity contribution in [3.05, 3.63) is 7.43 Å². The maximum Gasteiger partial charge on any atom is 0 e. The first kappa shape index (κ1) is 341. The molecule has 33 heteroatoms. The molecule has 0 saturated carbocycles. The van der Waals surface area contributed by atoms with Gasteiger partial charge in [-0.05, 0) is 0 Å². The summed E-state index contributed by atoms with van der Waals surface area (Å²) in [5.41, 5.74) is 0. The van der Waals surface area contributed by atoms with Gasteiger partial charge in [0.05, 0.1) is 0 Å². The Balaban J connectivity index is 0. The summed E-state index contributed by atoms with van der Waals surface area (Å²) in [4.78, 5) is 0. The molecule has 0 fully saturated rings. The van der Waals surface area contributed by atoms with E-state index in [4.69, 9.17) is 0 Å². The number of rotatable bonds is 0. The summed E-state index contributed by atoms with van der Waals surface area (Å²) in [6.07, 6.45) is 0. The zero-order chi connectivity index (χ0) is 0. The molecule has 0 aliphatic rings. The van der Waals surface area contributed by atoms with Crippen molar-refractivity contribution in [2.24, 2.45) is 0 Å². The molecule has 0 atom stereocenters. The Morgan fingerprint density at radius 3 is 0.0588 bits per heavy atom. The van der Waals surface area contributed by atoms with Gasteiger partial charge in [-0.1, -0.05) is 0 Å². The van der Waals surface area contributed by atoms with E-state index in [2.05, 4.69) is 0 Å². The zero-order valence-corrected chi connectivity index (χ0v) is 111. The van der Waals surface area contributed by atoms with Crippen LogP contribution in [0.25, 0.3) is 0 Å². The van der Waals surface area contributed by atoms with E-state index in [1.165, 1.54) is 0 Å². The molecule has 34 heavy (non-hydrogen) atoms. The molecule has 0 heterocycles. The molecule has 206 valence electrons. The van der Waals surface area contributed by atoms with Gasteiger partial charge in [0.1, 0.15) is 0 Å². The van der Waals surface area contributed by atoms with E-state index in [9.17, 15) is 0 Å². The Bertz CT molecular complexity index is 6.51. The fourth-order valence-electron chi connectivity index (χ4n) is 0.